The van der Waals surface area contributed by atoms with Crippen molar-refractivity contribution in [1.82, 2.24) is 9.97 Å². The first kappa shape index (κ1) is 7.44. The fourth-order valence-electron chi connectivity index (χ4n) is 1.55. The Morgan fingerprint density at radius 1 is 0.929 bits per heavy atom. The van der Waals surface area contributed by atoms with Crippen molar-refractivity contribution < 1.29 is 0 Å². The minimum atomic E-state index is 0.895. The van der Waals surface area contributed by atoms with E-state index < -0.39 is 0 Å². The quantitative estimate of drug-likeness (QED) is 0.496. The third-order valence-corrected chi connectivity index (χ3v) is 2.23. The van der Waals surface area contributed by atoms with Crippen molar-refractivity contribution in [1.29, 1.82) is 0 Å². The summed E-state index contributed by atoms with van der Waals surface area (Å²) in [6, 6.07) is 13.8. The van der Waals surface area contributed by atoms with Crippen LogP contribution in [0.1, 0.15) is 0 Å². The van der Waals surface area contributed by atoms with Gasteiger partial charge in [-0.25, -0.2) is 9.97 Å². The zero-order valence-corrected chi connectivity index (χ0v) is 7.44. The number of aromatic nitrogens is 2. The van der Waals surface area contributed by atoms with Crippen LogP contribution >= 0.6 is 0 Å². The Morgan fingerprint density at radius 2 is 1.86 bits per heavy atom. The molecule has 0 saturated carbocycles. The number of fused-ring (bicyclic) bond motifs is 2. The van der Waals surface area contributed by atoms with Gasteiger partial charge in [0.2, 0.25) is 0 Å². The predicted octanol–water partition coefficient (Wildman–Crippen LogP) is 2.58. The number of para-hydroxylation sites is 1. The molecule has 0 bridgehead atoms. The Balaban J connectivity index is 2.52. The van der Waals surface area contributed by atoms with E-state index in [2.05, 4.69) is 16.2 Å². The Labute approximate surface area is 81.2 Å². The van der Waals surface area contributed by atoms with Crippen molar-refractivity contribution in [3.63, 3.8) is 0 Å². The SMILES string of the molecule is [c]1ccc2nc3ccccc3cc2n1. The molecule has 0 saturated heterocycles. The highest BCUT2D eigenvalue weighted by atomic mass is 14.7. The molecule has 14 heavy (non-hydrogen) atoms. The summed E-state index contributed by atoms with van der Waals surface area (Å²) >= 11 is 0. The van der Waals surface area contributed by atoms with Crippen molar-refractivity contribution in [2.75, 3.05) is 0 Å². The minimum absolute atomic E-state index is 0.895. The zero-order valence-electron chi connectivity index (χ0n) is 7.44. The van der Waals surface area contributed by atoms with Crippen LogP contribution in [0.3, 0.4) is 0 Å². The van der Waals surface area contributed by atoms with Crippen LogP contribution in [0.5, 0.6) is 0 Å². The second-order valence-corrected chi connectivity index (χ2v) is 3.16. The second kappa shape index (κ2) is 2.77. The maximum Gasteiger partial charge on any atom is 0.0901 e. The first-order valence-electron chi connectivity index (χ1n) is 4.46. The molecule has 3 aromatic rings. The molecule has 0 unspecified atom stereocenters. The molecule has 1 aromatic carbocycles. The monoisotopic (exact) mass is 179 g/mol. The molecule has 0 aliphatic carbocycles. The molecular weight excluding hydrogens is 172 g/mol. The molecule has 0 atom stereocenters. The van der Waals surface area contributed by atoms with E-state index in [0.717, 1.165) is 21.9 Å². The van der Waals surface area contributed by atoms with Crippen LogP contribution in [0.25, 0.3) is 21.9 Å². The van der Waals surface area contributed by atoms with E-state index >= 15 is 0 Å². The van der Waals surface area contributed by atoms with Gasteiger partial charge in [-0.2, -0.15) is 0 Å². The number of hydrogen-bond acceptors (Lipinski definition) is 2. The molecule has 2 heteroatoms. The lowest BCUT2D eigenvalue weighted by molar-refractivity contribution is 1.36. The van der Waals surface area contributed by atoms with Crippen LogP contribution in [-0.2, 0) is 0 Å². The van der Waals surface area contributed by atoms with Gasteiger partial charge in [-0.1, -0.05) is 18.2 Å². The molecule has 1 radical (unpaired) electrons. The molecular formula is C12H7N2. The fourth-order valence-corrected chi connectivity index (χ4v) is 1.55. The van der Waals surface area contributed by atoms with E-state index in [-0.39, 0.29) is 0 Å². The maximum atomic E-state index is 4.50. The highest BCUT2D eigenvalue weighted by molar-refractivity contribution is 5.90. The van der Waals surface area contributed by atoms with Gasteiger partial charge in [-0.15, -0.1) is 0 Å². The Morgan fingerprint density at radius 3 is 2.86 bits per heavy atom. The maximum absolute atomic E-state index is 4.50. The largest absolute Gasteiger partial charge is 0.246 e. The smallest absolute Gasteiger partial charge is 0.0901 e. The van der Waals surface area contributed by atoms with Crippen LogP contribution in [-0.4, -0.2) is 9.97 Å². The van der Waals surface area contributed by atoms with Crippen molar-refractivity contribution in [2.45, 2.75) is 0 Å². The number of rotatable bonds is 0. The summed E-state index contributed by atoms with van der Waals surface area (Å²) in [5.74, 6) is 0. The Bertz CT molecular complexity index is 497. The van der Waals surface area contributed by atoms with Gasteiger partial charge in [0, 0.05) is 5.39 Å². The third kappa shape index (κ3) is 1.04. The van der Waals surface area contributed by atoms with E-state index in [9.17, 15) is 0 Å². The van der Waals surface area contributed by atoms with Gasteiger partial charge in [0.05, 0.1) is 22.7 Å². The molecule has 0 amide bonds. The zero-order chi connectivity index (χ0) is 9.38. The summed E-state index contributed by atoms with van der Waals surface area (Å²) in [7, 11) is 0. The molecule has 0 aliphatic rings. The molecule has 3 rings (SSSR count). The summed E-state index contributed by atoms with van der Waals surface area (Å²) in [4.78, 5) is 8.64. The molecule has 2 heterocycles. The number of benzene rings is 1. The standard InChI is InChI=1S/C12H7N2/c1-2-5-10-9(4-1)8-12-11(14-10)6-3-7-13-12/h1-6,8H. The normalized spacial score (nSPS) is 10.9. The van der Waals surface area contributed by atoms with E-state index in [1.54, 1.807) is 6.07 Å². The molecule has 2 aromatic heterocycles. The van der Waals surface area contributed by atoms with Crippen molar-refractivity contribution in [3.8, 4) is 0 Å². The summed E-state index contributed by atoms with van der Waals surface area (Å²) in [5.41, 5.74) is 2.82. The highest BCUT2D eigenvalue weighted by Gasteiger charge is 1.98. The molecule has 0 aliphatic heterocycles. The molecule has 0 spiro atoms. The fraction of sp³-hybridized carbons (Fsp3) is 0. The van der Waals surface area contributed by atoms with Crippen LogP contribution in [0.4, 0.5) is 0 Å². The van der Waals surface area contributed by atoms with Gasteiger partial charge in [0.25, 0.3) is 0 Å². The second-order valence-electron chi connectivity index (χ2n) is 3.16. The van der Waals surface area contributed by atoms with Gasteiger partial charge in [-0.3, -0.25) is 0 Å². The first-order chi connectivity index (χ1) is 6.93. The minimum Gasteiger partial charge on any atom is -0.246 e. The summed E-state index contributed by atoms with van der Waals surface area (Å²) in [6.07, 6.45) is 2.81. The lowest BCUT2D eigenvalue weighted by Gasteiger charge is -1.98. The van der Waals surface area contributed by atoms with Gasteiger partial charge >= 0.3 is 0 Å². The van der Waals surface area contributed by atoms with Crippen molar-refractivity contribution in [3.05, 3.63) is 48.7 Å². The van der Waals surface area contributed by atoms with Crippen LogP contribution in [0.15, 0.2) is 42.5 Å². The van der Waals surface area contributed by atoms with Crippen LogP contribution in [0.2, 0.25) is 0 Å². The van der Waals surface area contributed by atoms with E-state index in [0.29, 0.717) is 0 Å². The highest BCUT2D eigenvalue weighted by Crippen LogP contribution is 2.16. The van der Waals surface area contributed by atoms with Gasteiger partial charge in [0.1, 0.15) is 0 Å². The number of hydrogen-bond donors (Lipinski definition) is 0. The van der Waals surface area contributed by atoms with E-state index in [1.807, 2.05) is 36.4 Å². The van der Waals surface area contributed by atoms with E-state index in [4.69, 9.17) is 0 Å². The van der Waals surface area contributed by atoms with Crippen LogP contribution < -0.4 is 0 Å². The first-order valence-corrected chi connectivity index (χ1v) is 4.46. The van der Waals surface area contributed by atoms with Gasteiger partial charge in [-0.05, 0) is 24.3 Å². The Hall–Kier alpha value is -1.96. The van der Waals surface area contributed by atoms with Crippen LogP contribution in [0, 0.1) is 6.20 Å². The number of pyridine rings is 2. The van der Waals surface area contributed by atoms with E-state index in [1.165, 1.54) is 0 Å². The third-order valence-electron chi connectivity index (χ3n) is 2.23. The number of nitrogens with zero attached hydrogens (tertiary/aromatic N) is 2. The molecule has 2 nitrogen and oxygen atoms in total. The predicted molar refractivity (Wildman–Crippen MR) is 55.9 cm³/mol. The summed E-state index contributed by atoms with van der Waals surface area (Å²) in [6.45, 7) is 0. The van der Waals surface area contributed by atoms with Crippen molar-refractivity contribution in [2.24, 2.45) is 0 Å². The summed E-state index contributed by atoms with van der Waals surface area (Å²) in [5, 5.41) is 1.12. The lowest BCUT2D eigenvalue weighted by atomic mass is 10.2. The average Bonchev–Trinajstić information content (AvgIpc) is 2.26. The van der Waals surface area contributed by atoms with Gasteiger partial charge < -0.3 is 0 Å². The van der Waals surface area contributed by atoms with Crippen molar-refractivity contribution >= 4 is 21.9 Å². The molecule has 0 fully saturated rings. The Kier molecular flexibility index (Phi) is 1.47. The molecule has 0 N–H and O–H groups in total. The molecule has 65 valence electrons. The lowest BCUT2D eigenvalue weighted by Crippen LogP contribution is -1.83. The van der Waals surface area contributed by atoms with Gasteiger partial charge in [0.15, 0.2) is 0 Å². The average molecular weight is 179 g/mol. The summed E-state index contributed by atoms with van der Waals surface area (Å²) < 4.78 is 0. The topological polar surface area (TPSA) is 25.8 Å².